The first-order valence-electron chi connectivity index (χ1n) is 9.14. The maximum Gasteiger partial charge on any atom is 0.274 e. The van der Waals surface area contributed by atoms with Crippen LogP contribution in [-0.4, -0.2) is 42.2 Å². The zero-order chi connectivity index (χ0) is 17.3. The lowest BCUT2D eigenvalue weighted by atomic mass is 10.0. The molecule has 1 aliphatic carbocycles. The topological polar surface area (TPSA) is 59.5 Å². The molecule has 0 unspecified atom stereocenters. The number of rotatable bonds is 4. The summed E-state index contributed by atoms with van der Waals surface area (Å²) in [7, 11) is -3.14. The maximum absolute atomic E-state index is 12.8. The van der Waals surface area contributed by atoms with Gasteiger partial charge in [-0.25, -0.2) is 17.7 Å². The lowest BCUT2D eigenvalue weighted by Crippen LogP contribution is -2.46. The Bertz CT molecular complexity index is 787. The molecule has 136 valence electrons. The second kappa shape index (κ2) is 7.21. The number of nitrogens with zero attached hydrogens (tertiary/aromatic N) is 2. The van der Waals surface area contributed by atoms with E-state index in [9.17, 15) is 8.42 Å². The Morgan fingerprint density at radius 3 is 2.48 bits per heavy atom. The zero-order valence-electron chi connectivity index (χ0n) is 14.3. The van der Waals surface area contributed by atoms with Crippen LogP contribution < -0.4 is 4.74 Å². The fraction of sp³-hybridized carbons (Fsp3) is 0.611. The van der Waals surface area contributed by atoms with Gasteiger partial charge in [-0.2, -0.15) is 0 Å². The molecular weight excluding hydrogens is 356 g/mol. The van der Waals surface area contributed by atoms with Crippen molar-refractivity contribution in [3.05, 3.63) is 24.3 Å². The fourth-order valence-corrected chi connectivity index (χ4v) is 6.77. The summed E-state index contributed by atoms with van der Waals surface area (Å²) in [5.41, 5.74) is 0.958. The van der Waals surface area contributed by atoms with Gasteiger partial charge in [0.25, 0.3) is 5.19 Å². The molecule has 1 saturated heterocycles. The number of fused-ring (bicyclic) bond motifs is 1. The molecule has 7 heteroatoms. The molecule has 1 aliphatic heterocycles. The van der Waals surface area contributed by atoms with Gasteiger partial charge in [0.05, 0.1) is 15.5 Å². The van der Waals surface area contributed by atoms with Crippen molar-refractivity contribution in [3.8, 4) is 5.19 Å². The fourth-order valence-electron chi connectivity index (χ4n) is 3.82. The molecule has 0 radical (unpaired) electrons. The van der Waals surface area contributed by atoms with Crippen molar-refractivity contribution >= 4 is 31.6 Å². The molecule has 0 N–H and O–H groups in total. The standard InChI is InChI=1S/C18H24N2O3S2/c21-25(22,15-6-2-1-3-7-15)20-12-10-14(11-13-20)23-18-19-16-8-4-5-9-17(16)24-18/h4-5,8-9,14-15H,1-3,6-7,10-13H2. The van der Waals surface area contributed by atoms with Crippen LogP contribution in [0.15, 0.2) is 24.3 Å². The molecule has 5 nitrogen and oxygen atoms in total. The van der Waals surface area contributed by atoms with Gasteiger partial charge in [-0.15, -0.1) is 0 Å². The third kappa shape index (κ3) is 3.68. The molecular formula is C18H24N2O3S2. The monoisotopic (exact) mass is 380 g/mol. The molecule has 2 heterocycles. The molecule has 2 aromatic rings. The van der Waals surface area contributed by atoms with Crippen LogP contribution in [0.5, 0.6) is 5.19 Å². The zero-order valence-corrected chi connectivity index (χ0v) is 15.9. The maximum atomic E-state index is 12.8. The van der Waals surface area contributed by atoms with Gasteiger partial charge in [0.1, 0.15) is 6.10 Å². The van der Waals surface area contributed by atoms with E-state index in [1.807, 2.05) is 24.3 Å². The number of para-hydroxylation sites is 1. The Labute approximate surface area is 153 Å². The first-order valence-corrected chi connectivity index (χ1v) is 11.5. The summed E-state index contributed by atoms with van der Waals surface area (Å²) in [5.74, 6) is 0. The predicted octanol–water partition coefficient (Wildman–Crippen LogP) is 3.80. The van der Waals surface area contributed by atoms with Gasteiger partial charge < -0.3 is 4.74 Å². The van der Waals surface area contributed by atoms with Gasteiger partial charge in [0.2, 0.25) is 10.0 Å². The molecule has 1 aromatic carbocycles. The Morgan fingerprint density at radius 1 is 1.04 bits per heavy atom. The highest BCUT2D eigenvalue weighted by molar-refractivity contribution is 7.89. The normalized spacial score (nSPS) is 21.6. The molecule has 1 saturated carbocycles. The first-order chi connectivity index (χ1) is 12.1. The van der Waals surface area contributed by atoms with Crippen molar-refractivity contribution < 1.29 is 13.2 Å². The summed E-state index contributed by atoms with van der Waals surface area (Å²) in [6, 6.07) is 8.00. The minimum atomic E-state index is -3.14. The average Bonchev–Trinajstić information content (AvgIpc) is 3.05. The number of hydrogen-bond acceptors (Lipinski definition) is 5. The minimum absolute atomic E-state index is 0.0540. The van der Waals surface area contributed by atoms with Crippen LogP contribution in [0.2, 0.25) is 0 Å². The van der Waals surface area contributed by atoms with Gasteiger partial charge in [-0.3, -0.25) is 0 Å². The SMILES string of the molecule is O=S(=O)(C1CCCCC1)N1CCC(Oc2nc3ccccc3s2)CC1. The Kier molecular flexibility index (Phi) is 4.97. The van der Waals surface area contributed by atoms with Crippen LogP contribution in [0.25, 0.3) is 10.2 Å². The first kappa shape index (κ1) is 17.2. The molecule has 0 amide bonds. The van der Waals surface area contributed by atoms with E-state index in [1.165, 1.54) is 6.42 Å². The van der Waals surface area contributed by atoms with Crippen molar-refractivity contribution in [1.82, 2.24) is 9.29 Å². The third-order valence-electron chi connectivity index (χ3n) is 5.28. The van der Waals surface area contributed by atoms with E-state index >= 15 is 0 Å². The highest BCUT2D eigenvalue weighted by atomic mass is 32.2. The van der Waals surface area contributed by atoms with E-state index in [-0.39, 0.29) is 11.4 Å². The van der Waals surface area contributed by atoms with Crippen molar-refractivity contribution in [2.45, 2.75) is 56.3 Å². The molecule has 25 heavy (non-hydrogen) atoms. The Balaban J connectivity index is 1.36. The molecule has 1 aromatic heterocycles. The number of aromatic nitrogens is 1. The van der Waals surface area contributed by atoms with Crippen LogP contribution >= 0.6 is 11.3 Å². The number of thiazole rings is 1. The van der Waals surface area contributed by atoms with Crippen LogP contribution in [-0.2, 0) is 10.0 Å². The predicted molar refractivity (Wildman–Crippen MR) is 101 cm³/mol. The molecule has 2 fully saturated rings. The summed E-state index contributed by atoms with van der Waals surface area (Å²) in [6.45, 7) is 1.13. The molecule has 2 aliphatic rings. The minimum Gasteiger partial charge on any atom is -0.467 e. The van der Waals surface area contributed by atoms with Gasteiger partial charge >= 0.3 is 0 Å². The van der Waals surface area contributed by atoms with Crippen molar-refractivity contribution in [1.29, 1.82) is 0 Å². The van der Waals surface area contributed by atoms with E-state index in [4.69, 9.17) is 4.74 Å². The third-order valence-corrected chi connectivity index (χ3v) is 8.60. The van der Waals surface area contributed by atoms with Crippen LogP contribution in [0.3, 0.4) is 0 Å². The van der Waals surface area contributed by atoms with Gasteiger partial charge in [0.15, 0.2) is 0 Å². The number of sulfonamides is 1. The van der Waals surface area contributed by atoms with Crippen molar-refractivity contribution in [3.63, 3.8) is 0 Å². The van der Waals surface area contributed by atoms with Crippen molar-refractivity contribution in [2.75, 3.05) is 13.1 Å². The van der Waals surface area contributed by atoms with Gasteiger partial charge in [-0.1, -0.05) is 42.7 Å². The highest BCUT2D eigenvalue weighted by Gasteiger charge is 2.35. The summed E-state index contributed by atoms with van der Waals surface area (Å²) < 4.78 is 34.4. The van der Waals surface area contributed by atoms with E-state index in [1.54, 1.807) is 15.6 Å². The van der Waals surface area contributed by atoms with E-state index in [0.29, 0.717) is 18.3 Å². The number of hydrogen-bond donors (Lipinski definition) is 0. The second-order valence-electron chi connectivity index (χ2n) is 6.97. The molecule has 0 atom stereocenters. The number of piperidine rings is 1. The quantitative estimate of drug-likeness (QED) is 0.809. The van der Waals surface area contributed by atoms with Crippen molar-refractivity contribution in [2.24, 2.45) is 0 Å². The summed E-state index contributed by atoms with van der Waals surface area (Å²) in [6.07, 6.45) is 6.43. The Hall–Kier alpha value is -1.18. The number of ether oxygens (including phenoxy) is 1. The molecule has 0 spiro atoms. The van der Waals surface area contributed by atoms with Crippen LogP contribution in [0.4, 0.5) is 0 Å². The largest absolute Gasteiger partial charge is 0.467 e. The van der Waals surface area contributed by atoms with Gasteiger partial charge in [0, 0.05) is 13.1 Å². The van der Waals surface area contributed by atoms with Gasteiger partial charge in [-0.05, 0) is 37.8 Å². The molecule has 4 rings (SSSR count). The number of benzene rings is 1. The smallest absolute Gasteiger partial charge is 0.274 e. The van der Waals surface area contributed by atoms with E-state index in [2.05, 4.69) is 4.98 Å². The Morgan fingerprint density at radius 2 is 1.76 bits per heavy atom. The lowest BCUT2D eigenvalue weighted by molar-refractivity contribution is 0.134. The van der Waals surface area contributed by atoms with Crippen LogP contribution in [0.1, 0.15) is 44.9 Å². The summed E-state index contributed by atoms with van der Waals surface area (Å²) >= 11 is 1.55. The second-order valence-corrected chi connectivity index (χ2v) is 10.2. The highest BCUT2D eigenvalue weighted by Crippen LogP contribution is 2.31. The summed E-state index contributed by atoms with van der Waals surface area (Å²) in [4.78, 5) is 4.51. The van der Waals surface area contributed by atoms with E-state index in [0.717, 1.165) is 48.7 Å². The van der Waals surface area contributed by atoms with E-state index < -0.39 is 10.0 Å². The average molecular weight is 381 g/mol. The molecule has 0 bridgehead atoms. The van der Waals surface area contributed by atoms with Crippen LogP contribution in [0, 0.1) is 0 Å². The summed E-state index contributed by atoms with van der Waals surface area (Å²) in [5, 5.41) is 0.526. The lowest BCUT2D eigenvalue weighted by Gasteiger charge is -2.34.